The third-order valence-electron chi connectivity index (χ3n) is 4.63. The largest absolute Gasteiger partial charge is 0.507 e. The highest BCUT2D eigenvalue weighted by Gasteiger charge is 2.37. The SMILES string of the molecule is C[C@@H](N=Cc1cc(C#N)ccc1O)C(O)(c1ccccc1)c1ccccc1. The van der Waals surface area contributed by atoms with Gasteiger partial charge in [-0.3, -0.25) is 4.99 Å². The van der Waals surface area contributed by atoms with E-state index in [1.807, 2.05) is 73.7 Å². The number of phenols is 1. The Balaban J connectivity index is 2.02. The molecule has 0 aliphatic rings. The molecule has 4 nitrogen and oxygen atoms in total. The number of benzene rings is 3. The normalized spacial score (nSPS) is 12.6. The number of phenolic OH excluding ortho intramolecular Hbond substituents is 1. The molecule has 0 aromatic heterocycles. The van der Waals surface area contributed by atoms with Gasteiger partial charge in [0, 0.05) is 11.8 Å². The average molecular weight is 356 g/mol. The predicted molar refractivity (Wildman–Crippen MR) is 106 cm³/mol. The molecule has 3 rings (SSSR count). The van der Waals surface area contributed by atoms with Crippen molar-refractivity contribution in [2.45, 2.75) is 18.6 Å². The standard InChI is InChI=1S/C23H20N2O2/c1-17(25-16-19-14-18(15-24)12-13-22(19)26)23(27,20-8-4-2-5-9-20)21-10-6-3-7-11-21/h2-14,16-17,26-27H,1H3/t17-/m1/s1. The molecular weight excluding hydrogens is 336 g/mol. The van der Waals surface area contributed by atoms with Crippen LogP contribution in [-0.2, 0) is 5.60 Å². The molecule has 0 amide bonds. The third kappa shape index (κ3) is 3.74. The summed E-state index contributed by atoms with van der Waals surface area (Å²) in [6.45, 7) is 1.82. The van der Waals surface area contributed by atoms with E-state index in [9.17, 15) is 10.2 Å². The highest BCUT2D eigenvalue weighted by molar-refractivity contribution is 5.84. The van der Waals surface area contributed by atoms with Gasteiger partial charge in [-0.25, -0.2) is 0 Å². The van der Waals surface area contributed by atoms with Crippen molar-refractivity contribution < 1.29 is 10.2 Å². The molecule has 0 radical (unpaired) electrons. The molecule has 134 valence electrons. The quantitative estimate of drug-likeness (QED) is 0.678. The summed E-state index contributed by atoms with van der Waals surface area (Å²) in [5, 5.41) is 30.7. The fraction of sp³-hybridized carbons (Fsp3) is 0.130. The fourth-order valence-corrected chi connectivity index (χ4v) is 3.06. The van der Waals surface area contributed by atoms with Gasteiger partial charge in [-0.2, -0.15) is 5.26 Å². The molecule has 0 aliphatic carbocycles. The summed E-state index contributed by atoms with van der Waals surface area (Å²) in [6.07, 6.45) is 1.50. The predicted octanol–water partition coefficient (Wildman–Crippen LogP) is 4.01. The molecular formula is C23H20N2O2. The first-order valence-electron chi connectivity index (χ1n) is 8.65. The Kier molecular flexibility index (Phi) is 5.35. The zero-order chi connectivity index (χ0) is 19.3. The summed E-state index contributed by atoms with van der Waals surface area (Å²) in [4.78, 5) is 4.51. The van der Waals surface area contributed by atoms with Crippen LogP contribution in [0.3, 0.4) is 0 Å². The van der Waals surface area contributed by atoms with Crippen molar-refractivity contribution in [1.82, 2.24) is 0 Å². The van der Waals surface area contributed by atoms with Crippen LogP contribution < -0.4 is 0 Å². The zero-order valence-electron chi connectivity index (χ0n) is 14.9. The zero-order valence-corrected chi connectivity index (χ0v) is 14.9. The Morgan fingerprint density at radius 1 is 0.963 bits per heavy atom. The Morgan fingerprint density at radius 2 is 1.52 bits per heavy atom. The van der Waals surface area contributed by atoms with Crippen LogP contribution in [0, 0.1) is 11.3 Å². The van der Waals surface area contributed by atoms with Gasteiger partial charge in [-0.15, -0.1) is 0 Å². The second-order valence-corrected chi connectivity index (χ2v) is 6.34. The number of aliphatic imine (C=N–C) groups is 1. The number of nitrogens with zero attached hydrogens (tertiary/aromatic N) is 2. The van der Waals surface area contributed by atoms with E-state index in [0.29, 0.717) is 11.1 Å². The number of hydrogen-bond acceptors (Lipinski definition) is 4. The fourth-order valence-electron chi connectivity index (χ4n) is 3.06. The van der Waals surface area contributed by atoms with Crippen LogP contribution in [-0.4, -0.2) is 22.5 Å². The highest BCUT2D eigenvalue weighted by atomic mass is 16.3. The van der Waals surface area contributed by atoms with Gasteiger partial charge in [0.05, 0.1) is 17.7 Å². The van der Waals surface area contributed by atoms with Crippen LogP contribution in [0.1, 0.15) is 29.2 Å². The summed E-state index contributed by atoms with van der Waals surface area (Å²) in [7, 11) is 0. The van der Waals surface area contributed by atoms with Crippen LogP contribution in [0.5, 0.6) is 5.75 Å². The van der Waals surface area contributed by atoms with Crippen LogP contribution >= 0.6 is 0 Å². The third-order valence-corrected chi connectivity index (χ3v) is 4.63. The van der Waals surface area contributed by atoms with Gasteiger partial charge in [0.1, 0.15) is 11.4 Å². The number of aromatic hydroxyl groups is 1. The lowest BCUT2D eigenvalue weighted by Gasteiger charge is -2.33. The minimum absolute atomic E-state index is 0.0351. The van der Waals surface area contributed by atoms with Crippen molar-refractivity contribution in [3.8, 4) is 11.8 Å². The van der Waals surface area contributed by atoms with Crippen LogP contribution in [0.25, 0.3) is 0 Å². The minimum Gasteiger partial charge on any atom is -0.507 e. The molecule has 27 heavy (non-hydrogen) atoms. The Bertz CT molecular complexity index is 937. The van der Waals surface area contributed by atoms with E-state index >= 15 is 0 Å². The van der Waals surface area contributed by atoms with Gasteiger partial charge in [0.2, 0.25) is 0 Å². The summed E-state index contributed by atoms with van der Waals surface area (Å²) >= 11 is 0. The molecule has 0 heterocycles. The van der Waals surface area contributed by atoms with Gasteiger partial charge >= 0.3 is 0 Å². The highest BCUT2D eigenvalue weighted by Crippen LogP contribution is 2.34. The van der Waals surface area contributed by atoms with Gasteiger partial charge in [0.25, 0.3) is 0 Å². The van der Waals surface area contributed by atoms with Gasteiger partial charge < -0.3 is 10.2 Å². The van der Waals surface area contributed by atoms with E-state index in [-0.39, 0.29) is 5.75 Å². The smallest absolute Gasteiger partial charge is 0.137 e. The number of aliphatic hydroxyl groups is 1. The topological polar surface area (TPSA) is 76.6 Å². The van der Waals surface area contributed by atoms with Crippen molar-refractivity contribution in [2.75, 3.05) is 0 Å². The van der Waals surface area contributed by atoms with E-state index < -0.39 is 11.6 Å². The lowest BCUT2D eigenvalue weighted by molar-refractivity contribution is 0.0589. The molecule has 0 bridgehead atoms. The maximum Gasteiger partial charge on any atom is 0.137 e. The molecule has 0 unspecified atom stereocenters. The van der Waals surface area contributed by atoms with E-state index in [1.54, 1.807) is 12.1 Å². The molecule has 3 aromatic carbocycles. The second kappa shape index (κ2) is 7.86. The summed E-state index contributed by atoms with van der Waals surface area (Å²) < 4.78 is 0. The molecule has 2 N–H and O–H groups in total. The first-order chi connectivity index (χ1) is 13.1. The molecule has 0 saturated heterocycles. The summed E-state index contributed by atoms with van der Waals surface area (Å²) in [5.74, 6) is 0.0351. The van der Waals surface area contributed by atoms with E-state index in [4.69, 9.17) is 5.26 Å². The molecule has 3 aromatic rings. The molecule has 0 spiro atoms. The van der Waals surface area contributed by atoms with Crippen LogP contribution in [0.15, 0.2) is 83.9 Å². The van der Waals surface area contributed by atoms with E-state index in [0.717, 1.165) is 11.1 Å². The van der Waals surface area contributed by atoms with Crippen molar-refractivity contribution in [2.24, 2.45) is 4.99 Å². The van der Waals surface area contributed by atoms with Crippen molar-refractivity contribution in [1.29, 1.82) is 5.26 Å². The Morgan fingerprint density at radius 3 is 2.04 bits per heavy atom. The van der Waals surface area contributed by atoms with Gasteiger partial charge in [0.15, 0.2) is 0 Å². The van der Waals surface area contributed by atoms with Crippen LogP contribution in [0.2, 0.25) is 0 Å². The monoisotopic (exact) mass is 356 g/mol. The lowest BCUT2D eigenvalue weighted by atomic mass is 9.81. The van der Waals surface area contributed by atoms with Crippen LogP contribution in [0.4, 0.5) is 0 Å². The van der Waals surface area contributed by atoms with Crippen molar-refractivity contribution >= 4 is 6.21 Å². The van der Waals surface area contributed by atoms with Gasteiger partial charge in [-0.05, 0) is 36.2 Å². The number of hydrogen-bond donors (Lipinski definition) is 2. The first kappa shape index (κ1) is 18.4. The molecule has 0 fully saturated rings. The summed E-state index contributed by atoms with van der Waals surface area (Å²) in [5.41, 5.74) is 1.00. The number of rotatable bonds is 5. The first-order valence-corrected chi connectivity index (χ1v) is 8.65. The number of nitriles is 1. The summed E-state index contributed by atoms with van der Waals surface area (Å²) in [6, 6.07) is 24.9. The Labute approximate surface area is 158 Å². The van der Waals surface area contributed by atoms with E-state index in [2.05, 4.69) is 4.99 Å². The maximum absolute atomic E-state index is 11.6. The minimum atomic E-state index is -1.33. The maximum atomic E-state index is 11.6. The second-order valence-electron chi connectivity index (χ2n) is 6.34. The Hall–Kier alpha value is -3.42. The molecule has 0 aliphatic heterocycles. The molecule has 4 heteroatoms. The lowest BCUT2D eigenvalue weighted by Crippen LogP contribution is -2.38. The van der Waals surface area contributed by atoms with E-state index in [1.165, 1.54) is 12.3 Å². The van der Waals surface area contributed by atoms with Crippen molar-refractivity contribution in [3.63, 3.8) is 0 Å². The molecule has 0 saturated carbocycles. The molecule has 1 atom stereocenters. The van der Waals surface area contributed by atoms with Gasteiger partial charge in [-0.1, -0.05) is 60.7 Å². The van der Waals surface area contributed by atoms with Crippen molar-refractivity contribution in [3.05, 3.63) is 101 Å². The average Bonchev–Trinajstić information content (AvgIpc) is 2.73.